The number of benzene rings is 3. The molecule has 4 nitrogen and oxygen atoms in total. The van der Waals surface area contributed by atoms with Crippen molar-refractivity contribution in [2.75, 3.05) is 4.90 Å². The van der Waals surface area contributed by atoms with Crippen LogP contribution in [0.1, 0.15) is 16.7 Å². The predicted molar refractivity (Wildman–Crippen MR) is 105 cm³/mol. The monoisotopic (exact) mass is 456 g/mol. The van der Waals surface area contributed by atoms with Gasteiger partial charge in [0.25, 0.3) is 0 Å². The lowest BCUT2D eigenvalue weighted by molar-refractivity contribution is 0.369. The second-order valence-corrected chi connectivity index (χ2v) is 8.50. The van der Waals surface area contributed by atoms with Gasteiger partial charge in [-0.05, 0) is 30.7 Å². The predicted octanol–water partition coefficient (Wildman–Crippen LogP) is 4.54. The van der Waals surface area contributed by atoms with Crippen molar-refractivity contribution in [3.8, 4) is 0 Å². The van der Waals surface area contributed by atoms with Crippen molar-refractivity contribution in [3.63, 3.8) is 0 Å². The van der Waals surface area contributed by atoms with Crippen LogP contribution in [0.3, 0.4) is 0 Å². The van der Waals surface area contributed by atoms with Crippen molar-refractivity contribution in [3.05, 3.63) is 94.3 Å². The Morgan fingerprint density at radius 1 is 0.806 bits per heavy atom. The summed E-state index contributed by atoms with van der Waals surface area (Å²) >= 11 is 0. The zero-order valence-corrected chi connectivity index (χ0v) is 17.0. The largest absolute Gasteiger partial charge is 0.363 e. The topological polar surface area (TPSA) is 63.4 Å². The number of nitrogens with zero attached hydrogens (tertiary/aromatic N) is 1. The van der Waals surface area contributed by atoms with E-state index in [-0.39, 0.29) is 17.1 Å². The standard InChI is InChI=1S/C21H17F5N2O2S/c1-12-4-2-5-13(8-12)10-28(14-6-3-7-15(9-14)31(27,29)30)11-16-17(22)19(24)21(26)20(25)18(16)23/h2-9H,10-11H2,1H3,(H2,27,29,30). The molecule has 0 fully saturated rings. The second kappa shape index (κ2) is 8.64. The zero-order chi connectivity index (χ0) is 22.9. The molecule has 0 heterocycles. The van der Waals surface area contributed by atoms with E-state index in [4.69, 9.17) is 5.14 Å². The maximum atomic E-state index is 14.3. The van der Waals surface area contributed by atoms with Gasteiger partial charge in [-0.3, -0.25) is 0 Å². The lowest BCUT2D eigenvalue weighted by Gasteiger charge is -2.26. The van der Waals surface area contributed by atoms with Crippen molar-refractivity contribution in [2.45, 2.75) is 24.9 Å². The fraction of sp³-hybridized carbons (Fsp3) is 0.143. The number of anilines is 1. The quantitative estimate of drug-likeness (QED) is 0.337. The third kappa shape index (κ3) is 4.86. The van der Waals surface area contributed by atoms with Gasteiger partial charge in [-0.25, -0.2) is 35.5 Å². The van der Waals surface area contributed by atoms with Gasteiger partial charge in [0, 0.05) is 24.3 Å². The Hall–Kier alpha value is -2.98. The van der Waals surface area contributed by atoms with Gasteiger partial charge in [0.1, 0.15) is 0 Å². The van der Waals surface area contributed by atoms with Crippen LogP contribution in [0.4, 0.5) is 27.6 Å². The molecule has 0 saturated heterocycles. The minimum Gasteiger partial charge on any atom is -0.363 e. The first-order chi connectivity index (χ1) is 14.5. The molecule has 3 rings (SSSR count). The third-order valence-corrected chi connectivity index (χ3v) is 5.53. The maximum absolute atomic E-state index is 14.3. The molecule has 3 aromatic rings. The second-order valence-electron chi connectivity index (χ2n) is 6.94. The van der Waals surface area contributed by atoms with E-state index in [2.05, 4.69) is 0 Å². The summed E-state index contributed by atoms with van der Waals surface area (Å²) in [5, 5.41) is 5.15. The lowest BCUT2D eigenvalue weighted by atomic mass is 10.1. The fourth-order valence-corrected chi connectivity index (χ4v) is 3.66. The molecule has 0 spiro atoms. The highest BCUT2D eigenvalue weighted by molar-refractivity contribution is 7.89. The molecule has 0 aliphatic carbocycles. The molecule has 0 aromatic heterocycles. The Morgan fingerprint density at radius 3 is 1.97 bits per heavy atom. The summed E-state index contributed by atoms with van der Waals surface area (Å²) in [4.78, 5) is 1.03. The third-order valence-electron chi connectivity index (χ3n) is 4.62. The Balaban J connectivity index is 2.12. The SMILES string of the molecule is Cc1cccc(CN(Cc2c(F)c(F)c(F)c(F)c2F)c2cccc(S(N)(=O)=O)c2)c1. The molecule has 0 aliphatic heterocycles. The fourth-order valence-electron chi connectivity index (χ4n) is 3.11. The highest BCUT2D eigenvalue weighted by Gasteiger charge is 2.27. The van der Waals surface area contributed by atoms with Gasteiger partial charge in [-0.1, -0.05) is 35.9 Å². The first-order valence-corrected chi connectivity index (χ1v) is 10.5. The summed E-state index contributed by atoms with van der Waals surface area (Å²) in [5.74, 6) is -10.3. The minimum absolute atomic E-state index is 0.00472. The number of hydrogen-bond acceptors (Lipinski definition) is 3. The van der Waals surface area contributed by atoms with Gasteiger partial charge in [0.05, 0.1) is 4.90 Å². The first-order valence-electron chi connectivity index (χ1n) is 8.92. The van der Waals surface area contributed by atoms with E-state index in [1.807, 2.05) is 13.0 Å². The Kier molecular flexibility index (Phi) is 6.33. The van der Waals surface area contributed by atoms with E-state index >= 15 is 0 Å². The average Bonchev–Trinajstić information content (AvgIpc) is 2.72. The molecule has 0 radical (unpaired) electrons. The molecule has 3 aromatic carbocycles. The van der Waals surface area contributed by atoms with Gasteiger partial charge >= 0.3 is 0 Å². The van der Waals surface area contributed by atoms with Crippen LogP contribution in [0.15, 0.2) is 53.4 Å². The zero-order valence-electron chi connectivity index (χ0n) is 16.2. The number of halogens is 5. The van der Waals surface area contributed by atoms with Gasteiger partial charge in [0.2, 0.25) is 15.8 Å². The molecule has 2 N–H and O–H groups in total. The van der Waals surface area contributed by atoms with E-state index < -0.39 is 51.2 Å². The van der Waals surface area contributed by atoms with Gasteiger partial charge in [0.15, 0.2) is 23.3 Å². The van der Waals surface area contributed by atoms with Crippen LogP contribution in [0.25, 0.3) is 0 Å². The van der Waals surface area contributed by atoms with Crippen molar-refractivity contribution in [2.24, 2.45) is 5.14 Å². The molecule has 164 valence electrons. The van der Waals surface area contributed by atoms with E-state index in [0.29, 0.717) is 5.56 Å². The van der Waals surface area contributed by atoms with Gasteiger partial charge in [-0.2, -0.15) is 0 Å². The van der Waals surface area contributed by atoms with Crippen molar-refractivity contribution < 1.29 is 30.4 Å². The number of aryl methyl sites for hydroxylation is 1. The van der Waals surface area contributed by atoms with Crippen molar-refractivity contribution in [1.29, 1.82) is 0 Å². The minimum atomic E-state index is -4.09. The highest BCUT2D eigenvalue weighted by atomic mass is 32.2. The van der Waals surface area contributed by atoms with Crippen LogP contribution >= 0.6 is 0 Å². The Morgan fingerprint density at radius 2 is 1.39 bits per heavy atom. The van der Waals surface area contributed by atoms with Crippen molar-refractivity contribution in [1.82, 2.24) is 0 Å². The van der Waals surface area contributed by atoms with Crippen LogP contribution in [-0.2, 0) is 23.1 Å². The number of sulfonamides is 1. The van der Waals surface area contributed by atoms with E-state index in [9.17, 15) is 30.4 Å². The Bertz CT molecular complexity index is 1220. The summed E-state index contributed by atoms with van der Waals surface area (Å²) in [6.07, 6.45) is 0. The highest BCUT2D eigenvalue weighted by Crippen LogP contribution is 2.28. The van der Waals surface area contributed by atoms with Crippen molar-refractivity contribution >= 4 is 15.7 Å². The summed E-state index contributed by atoms with van der Waals surface area (Å²) < 4.78 is 92.8. The normalized spacial score (nSPS) is 11.6. The first kappa shape index (κ1) is 22.7. The molecular weight excluding hydrogens is 439 g/mol. The van der Waals surface area contributed by atoms with E-state index in [0.717, 1.165) is 11.6 Å². The van der Waals surface area contributed by atoms with Crippen LogP contribution in [0.5, 0.6) is 0 Å². The molecule has 0 aliphatic rings. The van der Waals surface area contributed by atoms with Gasteiger partial charge in [-0.15, -0.1) is 0 Å². The lowest BCUT2D eigenvalue weighted by Crippen LogP contribution is -2.25. The van der Waals surface area contributed by atoms with Gasteiger partial charge < -0.3 is 4.90 Å². The summed E-state index contributed by atoms with van der Waals surface area (Å²) in [5.41, 5.74) is 0.680. The van der Waals surface area contributed by atoms with E-state index in [1.165, 1.54) is 23.1 Å². The smallest absolute Gasteiger partial charge is 0.238 e. The number of hydrogen-bond donors (Lipinski definition) is 1. The summed E-state index contributed by atoms with van der Waals surface area (Å²) in [6, 6.07) is 12.2. The Labute approximate surface area is 175 Å². The number of rotatable bonds is 6. The molecule has 0 atom stereocenters. The number of nitrogens with two attached hydrogens (primary N) is 1. The van der Waals surface area contributed by atoms with Crippen LogP contribution in [-0.4, -0.2) is 8.42 Å². The summed E-state index contributed by atoms with van der Waals surface area (Å²) in [7, 11) is -4.09. The van der Waals surface area contributed by atoms with Crippen LogP contribution < -0.4 is 10.0 Å². The van der Waals surface area contributed by atoms with Crippen LogP contribution in [0, 0.1) is 36.0 Å². The summed E-state index contributed by atoms with van der Waals surface area (Å²) in [6.45, 7) is 1.10. The molecular formula is C21H17F5N2O2S. The molecule has 0 unspecified atom stereocenters. The maximum Gasteiger partial charge on any atom is 0.238 e. The molecule has 0 saturated carbocycles. The molecule has 0 bridgehead atoms. The molecule has 0 amide bonds. The van der Waals surface area contributed by atoms with Crippen LogP contribution in [0.2, 0.25) is 0 Å². The molecule has 10 heteroatoms. The average molecular weight is 456 g/mol. The number of primary sulfonamides is 1. The molecule has 31 heavy (non-hydrogen) atoms. The van der Waals surface area contributed by atoms with E-state index in [1.54, 1.807) is 18.2 Å².